The first kappa shape index (κ1) is 15.8. The van der Waals surface area contributed by atoms with E-state index in [1.165, 1.54) is 24.3 Å². The van der Waals surface area contributed by atoms with Crippen molar-refractivity contribution in [3.63, 3.8) is 0 Å². The predicted molar refractivity (Wildman–Crippen MR) is 90.1 cm³/mol. The van der Waals surface area contributed by atoms with Crippen LogP contribution < -0.4 is 10.0 Å². The lowest BCUT2D eigenvalue weighted by atomic mass is 10.2. The van der Waals surface area contributed by atoms with Crippen molar-refractivity contribution in [3.8, 4) is 0 Å². The number of anilines is 2. The van der Waals surface area contributed by atoms with E-state index in [4.69, 9.17) is 11.6 Å². The first-order valence-corrected chi connectivity index (χ1v) is 8.99. The molecule has 5 nitrogen and oxygen atoms in total. The molecule has 0 unspecified atom stereocenters. The number of sulfonamides is 1. The molecule has 120 valence electrons. The normalized spacial score (nSPS) is 14.3. The van der Waals surface area contributed by atoms with Crippen LogP contribution in [-0.4, -0.2) is 14.3 Å². The summed E-state index contributed by atoms with van der Waals surface area (Å²) in [5.74, 6) is 0.0622. The predicted octanol–water partition coefficient (Wildman–Crippen LogP) is 3.49. The molecule has 0 atom stereocenters. The van der Waals surface area contributed by atoms with Gasteiger partial charge < -0.3 is 5.32 Å². The average molecular weight is 351 g/mol. The fourth-order valence-corrected chi connectivity index (χ4v) is 3.25. The van der Waals surface area contributed by atoms with E-state index in [9.17, 15) is 13.2 Å². The zero-order valence-electron chi connectivity index (χ0n) is 12.1. The largest absolute Gasteiger partial charge is 0.326 e. The summed E-state index contributed by atoms with van der Waals surface area (Å²) in [4.78, 5) is 11.9. The van der Waals surface area contributed by atoms with Crippen molar-refractivity contribution < 1.29 is 13.2 Å². The number of amides is 1. The van der Waals surface area contributed by atoms with Crippen molar-refractivity contribution in [2.24, 2.45) is 5.92 Å². The van der Waals surface area contributed by atoms with Gasteiger partial charge in [0.1, 0.15) is 0 Å². The van der Waals surface area contributed by atoms with Crippen LogP contribution in [0.5, 0.6) is 0 Å². The molecule has 2 N–H and O–H groups in total. The molecule has 0 aliphatic heterocycles. The lowest BCUT2D eigenvalue weighted by molar-refractivity contribution is -0.117. The van der Waals surface area contributed by atoms with Gasteiger partial charge >= 0.3 is 0 Å². The topological polar surface area (TPSA) is 75.3 Å². The first-order chi connectivity index (χ1) is 10.9. The van der Waals surface area contributed by atoms with Crippen LogP contribution in [-0.2, 0) is 14.8 Å². The highest BCUT2D eigenvalue weighted by Crippen LogP contribution is 2.30. The highest BCUT2D eigenvalue weighted by atomic mass is 35.5. The lowest BCUT2D eigenvalue weighted by Crippen LogP contribution is -2.15. The number of halogens is 1. The molecule has 0 aromatic heterocycles. The molecule has 0 bridgehead atoms. The number of hydrogen-bond donors (Lipinski definition) is 2. The second kappa shape index (κ2) is 6.22. The third-order valence-electron chi connectivity index (χ3n) is 3.45. The number of benzene rings is 2. The quantitative estimate of drug-likeness (QED) is 0.866. The number of hydrogen-bond acceptors (Lipinski definition) is 3. The van der Waals surface area contributed by atoms with E-state index in [-0.39, 0.29) is 16.7 Å². The summed E-state index contributed by atoms with van der Waals surface area (Å²) in [6, 6.07) is 12.5. The smallest absolute Gasteiger partial charge is 0.261 e. The van der Waals surface area contributed by atoms with Gasteiger partial charge in [0.25, 0.3) is 10.0 Å². The Morgan fingerprint density at radius 3 is 2.35 bits per heavy atom. The van der Waals surface area contributed by atoms with Crippen LogP contribution >= 0.6 is 11.6 Å². The van der Waals surface area contributed by atoms with Gasteiger partial charge in [-0.25, -0.2) is 8.42 Å². The zero-order chi connectivity index (χ0) is 16.4. The molecule has 1 saturated carbocycles. The van der Waals surface area contributed by atoms with Gasteiger partial charge in [-0.15, -0.1) is 0 Å². The molecule has 1 aliphatic rings. The monoisotopic (exact) mass is 350 g/mol. The highest BCUT2D eigenvalue weighted by molar-refractivity contribution is 7.92. The van der Waals surface area contributed by atoms with Crippen LogP contribution in [0.2, 0.25) is 5.02 Å². The van der Waals surface area contributed by atoms with E-state index in [0.717, 1.165) is 12.8 Å². The Labute approximate surface area is 139 Å². The summed E-state index contributed by atoms with van der Waals surface area (Å²) in [6.45, 7) is 0. The molecule has 0 saturated heterocycles. The number of rotatable bonds is 5. The maximum absolute atomic E-state index is 12.3. The molecule has 0 radical (unpaired) electrons. The van der Waals surface area contributed by atoms with E-state index in [2.05, 4.69) is 10.0 Å². The molecule has 3 rings (SSSR count). The minimum atomic E-state index is -3.70. The molecule has 2 aromatic carbocycles. The Morgan fingerprint density at radius 2 is 1.70 bits per heavy atom. The maximum Gasteiger partial charge on any atom is 0.261 e. The van der Waals surface area contributed by atoms with Gasteiger partial charge in [0.05, 0.1) is 10.6 Å². The van der Waals surface area contributed by atoms with Gasteiger partial charge in [0.15, 0.2) is 0 Å². The fraction of sp³-hybridized carbons (Fsp3) is 0.188. The SMILES string of the molecule is O=C(Nc1cccc(NS(=O)(=O)c2ccc(Cl)cc2)c1)C1CC1. The van der Waals surface area contributed by atoms with Crippen LogP contribution in [0.1, 0.15) is 12.8 Å². The summed E-state index contributed by atoms with van der Waals surface area (Å²) in [5, 5.41) is 3.25. The van der Waals surface area contributed by atoms with Gasteiger partial charge in [0.2, 0.25) is 5.91 Å². The second-order valence-electron chi connectivity index (χ2n) is 5.40. The fourth-order valence-electron chi connectivity index (χ4n) is 2.08. The molecule has 0 spiro atoms. The summed E-state index contributed by atoms with van der Waals surface area (Å²) in [6.07, 6.45) is 1.82. The Bertz CT molecular complexity index is 831. The van der Waals surface area contributed by atoms with Crippen molar-refractivity contribution in [2.45, 2.75) is 17.7 Å². The van der Waals surface area contributed by atoms with E-state index >= 15 is 0 Å². The number of nitrogens with one attached hydrogen (secondary N) is 2. The molecular weight excluding hydrogens is 336 g/mol. The summed E-state index contributed by atoms with van der Waals surface area (Å²) < 4.78 is 27.1. The lowest BCUT2D eigenvalue weighted by Gasteiger charge is -2.10. The summed E-state index contributed by atoms with van der Waals surface area (Å²) in [5.41, 5.74) is 0.951. The van der Waals surface area contributed by atoms with Crippen molar-refractivity contribution in [1.82, 2.24) is 0 Å². The number of carbonyl (C=O) groups is 1. The Morgan fingerprint density at radius 1 is 1.04 bits per heavy atom. The molecule has 1 amide bonds. The maximum atomic E-state index is 12.3. The summed E-state index contributed by atoms with van der Waals surface area (Å²) in [7, 11) is -3.70. The van der Waals surface area contributed by atoms with E-state index < -0.39 is 10.0 Å². The molecule has 23 heavy (non-hydrogen) atoms. The third kappa shape index (κ3) is 4.03. The van der Waals surface area contributed by atoms with Crippen molar-refractivity contribution in [1.29, 1.82) is 0 Å². The van der Waals surface area contributed by atoms with Gasteiger partial charge in [0, 0.05) is 16.6 Å². The average Bonchev–Trinajstić information content (AvgIpc) is 3.32. The van der Waals surface area contributed by atoms with Gasteiger partial charge in [-0.1, -0.05) is 17.7 Å². The van der Waals surface area contributed by atoms with Gasteiger partial charge in [-0.2, -0.15) is 0 Å². The molecule has 7 heteroatoms. The number of carbonyl (C=O) groups excluding carboxylic acids is 1. The van der Waals surface area contributed by atoms with Gasteiger partial charge in [-0.3, -0.25) is 9.52 Å². The van der Waals surface area contributed by atoms with Crippen LogP contribution in [0.25, 0.3) is 0 Å². The minimum Gasteiger partial charge on any atom is -0.326 e. The first-order valence-electron chi connectivity index (χ1n) is 7.13. The van der Waals surface area contributed by atoms with Gasteiger partial charge in [-0.05, 0) is 55.3 Å². The molecule has 0 heterocycles. The van der Waals surface area contributed by atoms with E-state index in [1.54, 1.807) is 24.3 Å². The van der Waals surface area contributed by atoms with Crippen LogP contribution in [0.3, 0.4) is 0 Å². The van der Waals surface area contributed by atoms with E-state index in [0.29, 0.717) is 16.4 Å². The van der Waals surface area contributed by atoms with Crippen molar-refractivity contribution >= 4 is 38.9 Å². The third-order valence-corrected chi connectivity index (χ3v) is 5.10. The Balaban J connectivity index is 1.76. The van der Waals surface area contributed by atoms with Crippen molar-refractivity contribution in [2.75, 3.05) is 10.0 Å². The standard InChI is InChI=1S/C16H15ClN2O3S/c17-12-6-8-15(9-7-12)23(21,22)19-14-3-1-2-13(10-14)18-16(20)11-4-5-11/h1-3,6-11,19H,4-5H2,(H,18,20). The molecule has 1 fully saturated rings. The van der Waals surface area contributed by atoms with E-state index in [1.807, 2.05) is 0 Å². The second-order valence-corrected chi connectivity index (χ2v) is 7.52. The van der Waals surface area contributed by atoms with Crippen LogP contribution in [0, 0.1) is 5.92 Å². The summed E-state index contributed by atoms with van der Waals surface area (Å²) >= 11 is 5.77. The van der Waals surface area contributed by atoms with Crippen molar-refractivity contribution in [3.05, 3.63) is 53.6 Å². The highest BCUT2D eigenvalue weighted by Gasteiger charge is 2.29. The molecular formula is C16H15ClN2O3S. The van der Waals surface area contributed by atoms with Crippen LogP contribution in [0.15, 0.2) is 53.4 Å². The molecule has 2 aromatic rings. The Hall–Kier alpha value is -2.05. The zero-order valence-corrected chi connectivity index (χ0v) is 13.7. The Kier molecular flexibility index (Phi) is 4.28. The van der Waals surface area contributed by atoms with Crippen LogP contribution in [0.4, 0.5) is 11.4 Å². The molecule has 1 aliphatic carbocycles. The minimum absolute atomic E-state index is 0.0253.